The quantitative estimate of drug-likeness (QED) is 0.732. The number of rotatable bonds is 4. The Balaban J connectivity index is 1.85. The van der Waals surface area contributed by atoms with E-state index in [2.05, 4.69) is 10.6 Å². The Morgan fingerprint density at radius 2 is 1.52 bits per heavy atom. The average Bonchev–Trinajstić information content (AvgIpc) is 3.18. The Kier molecular flexibility index (Phi) is 4.72. The third-order valence-electron chi connectivity index (χ3n) is 3.90. The Morgan fingerprint density at radius 1 is 0.960 bits per heavy atom. The summed E-state index contributed by atoms with van der Waals surface area (Å²) in [6, 6.07) is 10.9. The van der Waals surface area contributed by atoms with Crippen molar-refractivity contribution in [2.75, 3.05) is 10.6 Å². The number of amides is 2. The molecule has 0 spiro atoms. The number of carbonyl (C=O) groups is 2. The molecule has 0 atom stereocenters. The first-order chi connectivity index (χ1) is 12.0. The van der Waals surface area contributed by atoms with E-state index in [1.165, 1.54) is 6.92 Å². The minimum absolute atomic E-state index is 0.127. The summed E-state index contributed by atoms with van der Waals surface area (Å²) in [5.74, 6) is -0.268. The number of aryl methyl sites for hydroxylation is 1. The van der Waals surface area contributed by atoms with E-state index in [0.29, 0.717) is 16.9 Å². The van der Waals surface area contributed by atoms with Crippen LogP contribution in [-0.2, 0) is 4.79 Å². The molecule has 2 amide bonds. The summed E-state index contributed by atoms with van der Waals surface area (Å²) < 4.78 is 1.96. The second kappa shape index (κ2) is 6.94. The van der Waals surface area contributed by atoms with E-state index in [0.717, 1.165) is 15.4 Å². The van der Waals surface area contributed by atoms with E-state index >= 15 is 0 Å². The van der Waals surface area contributed by atoms with Gasteiger partial charge in [0.15, 0.2) is 0 Å². The monoisotopic (exact) mass is 353 g/mol. The van der Waals surface area contributed by atoms with Crippen molar-refractivity contribution in [2.45, 2.75) is 20.8 Å². The molecule has 0 aliphatic rings. The molecule has 1 aromatic carbocycles. The second-order valence-corrected chi connectivity index (χ2v) is 6.97. The highest BCUT2D eigenvalue weighted by Gasteiger charge is 2.20. The number of hydrogen-bond donors (Lipinski definition) is 2. The van der Waals surface area contributed by atoms with Crippen molar-refractivity contribution in [2.24, 2.45) is 0 Å². The van der Waals surface area contributed by atoms with Crippen LogP contribution < -0.4 is 10.6 Å². The molecule has 3 aromatic rings. The topological polar surface area (TPSA) is 63.1 Å². The standard InChI is InChI=1S/C19H19N3O2S/c1-12-13(2)25-19(22-10-4-5-11-22)17(12)18(24)21-16-8-6-15(7-9-16)20-14(3)23/h4-11H,1-3H3,(H,20,23)(H,21,24). The van der Waals surface area contributed by atoms with Crippen LogP contribution in [0, 0.1) is 13.8 Å². The zero-order valence-electron chi connectivity index (χ0n) is 14.3. The molecule has 0 radical (unpaired) electrons. The summed E-state index contributed by atoms with van der Waals surface area (Å²) in [7, 11) is 0. The molecule has 0 saturated heterocycles. The van der Waals surface area contributed by atoms with Crippen molar-refractivity contribution >= 4 is 34.5 Å². The summed E-state index contributed by atoms with van der Waals surface area (Å²) in [5, 5.41) is 6.55. The molecule has 0 aliphatic carbocycles. The van der Waals surface area contributed by atoms with Gasteiger partial charge in [-0.05, 0) is 55.8 Å². The number of aromatic nitrogens is 1. The lowest BCUT2D eigenvalue weighted by molar-refractivity contribution is -0.114. The van der Waals surface area contributed by atoms with Crippen LogP contribution in [0.3, 0.4) is 0 Å². The number of nitrogens with zero attached hydrogens (tertiary/aromatic N) is 1. The van der Waals surface area contributed by atoms with E-state index < -0.39 is 0 Å². The molecule has 128 valence electrons. The van der Waals surface area contributed by atoms with E-state index in [1.54, 1.807) is 35.6 Å². The van der Waals surface area contributed by atoms with Crippen LogP contribution in [0.15, 0.2) is 48.8 Å². The van der Waals surface area contributed by atoms with Gasteiger partial charge in [0.05, 0.1) is 5.56 Å². The van der Waals surface area contributed by atoms with Crippen LogP contribution in [0.2, 0.25) is 0 Å². The molecule has 2 N–H and O–H groups in total. The van der Waals surface area contributed by atoms with Crippen molar-refractivity contribution in [1.29, 1.82) is 0 Å². The van der Waals surface area contributed by atoms with Crippen molar-refractivity contribution in [3.63, 3.8) is 0 Å². The van der Waals surface area contributed by atoms with Gasteiger partial charge in [-0.15, -0.1) is 11.3 Å². The predicted molar refractivity (Wildman–Crippen MR) is 102 cm³/mol. The maximum Gasteiger partial charge on any atom is 0.258 e. The van der Waals surface area contributed by atoms with Crippen molar-refractivity contribution in [3.8, 4) is 5.00 Å². The molecule has 2 aromatic heterocycles. The normalized spacial score (nSPS) is 10.5. The lowest BCUT2D eigenvalue weighted by atomic mass is 10.1. The second-order valence-electron chi connectivity index (χ2n) is 5.77. The van der Waals surface area contributed by atoms with Gasteiger partial charge in [0.1, 0.15) is 5.00 Å². The van der Waals surface area contributed by atoms with Gasteiger partial charge in [0.2, 0.25) is 5.91 Å². The first-order valence-corrected chi connectivity index (χ1v) is 8.69. The molecule has 0 fully saturated rings. The van der Waals surface area contributed by atoms with Gasteiger partial charge >= 0.3 is 0 Å². The van der Waals surface area contributed by atoms with Crippen molar-refractivity contribution in [3.05, 3.63) is 64.8 Å². The number of carbonyl (C=O) groups excluding carboxylic acids is 2. The first kappa shape index (κ1) is 17.0. The van der Waals surface area contributed by atoms with E-state index in [4.69, 9.17) is 0 Å². The molecule has 5 nitrogen and oxygen atoms in total. The summed E-state index contributed by atoms with van der Waals surface area (Å²) in [4.78, 5) is 25.0. The van der Waals surface area contributed by atoms with Crippen LogP contribution in [0.4, 0.5) is 11.4 Å². The predicted octanol–water partition coefficient (Wildman–Crippen LogP) is 4.37. The third kappa shape index (κ3) is 3.64. The van der Waals surface area contributed by atoms with Gasteiger partial charge in [0, 0.05) is 35.6 Å². The highest BCUT2D eigenvalue weighted by Crippen LogP contribution is 2.31. The smallest absolute Gasteiger partial charge is 0.258 e. The molecule has 0 bridgehead atoms. The number of thiophene rings is 1. The van der Waals surface area contributed by atoms with E-state index in [9.17, 15) is 9.59 Å². The number of benzene rings is 1. The van der Waals surface area contributed by atoms with E-state index in [-0.39, 0.29) is 11.8 Å². The number of anilines is 2. The highest BCUT2D eigenvalue weighted by molar-refractivity contribution is 7.15. The van der Waals surface area contributed by atoms with E-state index in [1.807, 2.05) is 42.9 Å². The number of nitrogens with one attached hydrogen (secondary N) is 2. The molecule has 0 aliphatic heterocycles. The number of hydrogen-bond acceptors (Lipinski definition) is 3. The maximum atomic E-state index is 12.8. The average molecular weight is 353 g/mol. The minimum Gasteiger partial charge on any atom is -0.326 e. The summed E-state index contributed by atoms with van der Waals surface area (Å²) in [5.41, 5.74) is 3.05. The molecule has 6 heteroatoms. The fourth-order valence-corrected chi connectivity index (χ4v) is 3.68. The molecule has 3 rings (SSSR count). The largest absolute Gasteiger partial charge is 0.326 e. The van der Waals surface area contributed by atoms with Gasteiger partial charge in [-0.3, -0.25) is 9.59 Å². The van der Waals surface area contributed by atoms with Crippen LogP contribution >= 0.6 is 11.3 Å². The molecular weight excluding hydrogens is 334 g/mol. The molecular formula is C19H19N3O2S. The maximum absolute atomic E-state index is 12.8. The van der Waals surface area contributed by atoms with Gasteiger partial charge in [-0.25, -0.2) is 0 Å². The van der Waals surface area contributed by atoms with Gasteiger partial charge in [-0.1, -0.05) is 0 Å². The third-order valence-corrected chi connectivity index (χ3v) is 5.12. The Morgan fingerprint density at radius 3 is 2.08 bits per heavy atom. The molecule has 0 saturated carbocycles. The Labute approximate surface area is 150 Å². The van der Waals surface area contributed by atoms with Crippen LogP contribution in [0.25, 0.3) is 5.00 Å². The van der Waals surface area contributed by atoms with Gasteiger partial charge in [-0.2, -0.15) is 0 Å². The molecule has 25 heavy (non-hydrogen) atoms. The van der Waals surface area contributed by atoms with Gasteiger partial charge < -0.3 is 15.2 Å². The summed E-state index contributed by atoms with van der Waals surface area (Å²) >= 11 is 1.60. The van der Waals surface area contributed by atoms with Crippen LogP contribution in [0.1, 0.15) is 27.7 Å². The fourth-order valence-electron chi connectivity index (χ4n) is 2.56. The molecule has 0 unspecified atom stereocenters. The lowest BCUT2D eigenvalue weighted by Gasteiger charge is -2.09. The van der Waals surface area contributed by atoms with Crippen LogP contribution in [-0.4, -0.2) is 16.4 Å². The van der Waals surface area contributed by atoms with Crippen molar-refractivity contribution in [1.82, 2.24) is 4.57 Å². The SMILES string of the molecule is CC(=O)Nc1ccc(NC(=O)c2c(-n3cccc3)sc(C)c2C)cc1. The zero-order chi connectivity index (χ0) is 18.0. The highest BCUT2D eigenvalue weighted by atomic mass is 32.1. The lowest BCUT2D eigenvalue weighted by Crippen LogP contribution is -2.14. The Hall–Kier alpha value is -2.86. The van der Waals surface area contributed by atoms with Crippen molar-refractivity contribution < 1.29 is 9.59 Å². The van der Waals surface area contributed by atoms with Gasteiger partial charge in [0.25, 0.3) is 5.91 Å². The Bertz CT molecular complexity index is 909. The minimum atomic E-state index is -0.141. The fraction of sp³-hybridized carbons (Fsp3) is 0.158. The molecule has 2 heterocycles. The summed E-state index contributed by atoms with van der Waals surface area (Å²) in [6.45, 7) is 5.44. The summed E-state index contributed by atoms with van der Waals surface area (Å²) in [6.07, 6.45) is 3.87. The first-order valence-electron chi connectivity index (χ1n) is 7.88. The van der Waals surface area contributed by atoms with Crippen LogP contribution in [0.5, 0.6) is 0 Å². The zero-order valence-corrected chi connectivity index (χ0v) is 15.1.